The van der Waals surface area contributed by atoms with E-state index in [1.165, 1.54) is 4.52 Å². The summed E-state index contributed by atoms with van der Waals surface area (Å²) in [6.45, 7) is 1.42. The second-order valence-electron chi connectivity index (χ2n) is 13.9. The third kappa shape index (κ3) is 7.58. The third-order valence-electron chi connectivity index (χ3n) is 10.3. The number of carbonyl (C=O) groups excluding carboxylic acids is 2. The van der Waals surface area contributed by atoms with Crippen LogP contribution in [0.5, 0.6) is 0 Å². The van der Waals surface area contributed by atoms with Gasteiger partial charge in [-0.05, 0) is 43.6 Å². The highest BCUT2D eigenvalue weighted by atomic mass is 19.4. The molecule has 3 atom stereocenters. The highest BCUT2D eigenvalue weighted by molar-refractivity contribution is 5.80. The summed E-state index contributed by atoms with van der Waals surface area (Å²) in [6.07, 6.45) is -2.47. The highest BCUT2D eigenvalue weighted by Crippen LogP contribution is 2.42. The lowest BCUT2D eigenvalue weighted by molar-refractivity contribution is -0.183. The number of alkyl carbamates (subject to hydrolysis) is 1. The number of nitrogens with zero attached hydrogens (tertiary/aromatic N) is 5. The molecule has 2 aliphatic carbocycles. The van der Waals surface area contributed by atoms with Crippen molar-refractivity contribution in [2.75, 3.05) is 31.1 Å². The Bertz CT molecular complexity index is 1670. The number of piperidine rings is 1. The number of hydrogen-bond acceptors (Lipinski definition) is 8. The van der Waals surface area contributed by atoms with Crippen LogP contribution in [0, 0.1) is 17.8 Å². The maximum atomic E-state index is 14.2. The van der Waals surface area contributed by atoms with Crippen LogP contribution in [-0.4, -0.2) is 75.4 Å². The molecule has 3 aromatic rings. The molecule has 0 radical (unpaired) electrons. The summed E-state index contributed by atoms with van der Waals surface area (Å²) in [4.78, 5) is 37.5. The molecule has 49 heavy (non-hydrogen) atoms. The Kier molecular flexibility index (Phi) is 8.86. The van der Waals surface area contributed by atoms with E-state index in [-0.39, 0.29) is 62.4 Å². The van der Waals surface area contributed by atoms with Crippen LogP contribution in [0.4, 0.5) is 32.6 Å². The Labute approximate surface area is 279 Å². The minimum atomic E-state index is -4.45. The number of anilines is 1. The molecule has 3 N–H and O–H groups in total. The van der Waals surface area contributed by atoms with Crippen molar-refractivity contribution in [1.29, 1.82) is 0 Å². The first kappa shape index (κ1) is 33.4. The van der Waals surface area contributed by atoms with Crippen molar-refractivity contribution in [3.8, 4) is 0 Å². The number of benzene rings is 1. The van der Waals surface area contributed by atoms with Crippen LogP contribution in [0.3, 0.4) is 0 Å². The SMILES string of the molecule is O=C(N[C@H](c1cn2nc(C[C@H]3C[C@@H](C(F)(F)F)CNC3=O)c(N3CCNC4(CC4)C3)nc2n1)C1CCC(F)(F)CC1)OCc1ccccc1. The van der Waals surface area contributed by atoms with Gasteiger partial charge in [-0.15, -0.1) is 0 Å². The zero-order valence-electron chi connectivity index (χ0n) is 26.8. The maximum absolute atomic E-state index is 14.2. The van der Waals surface area contributed by atoms with E-state index in [0.717, 1.165) is 18.4 Å². The average molecular weight is 691 g/mol. The molecule has 7 rings (SSSR count). The molecule has 0 bridgehead atoms. The number of alkyl halides is 5. The zero-order chi connectivity index (χ0) is 34.4. The Morgan fingerprint density at radius 2 is 1.86 bits per heavy atom. The first-order valence-electron chi connectivity index (χ1n) is 16.8. The van der Waals surface area contributed by atoms with E-state index in [0.29, 0.717) is 36.8 Å². The lowest BCUT2D eigenvalue weighted by atomic mass is 9.81. The molecule has 1 spiro atoms. The molecular formula is C33H39F5N8O3. The molecule has 4 heterocycles. The van der Waals surface area contributed by atoms with Crippen LogP contribution in [0.25, 0.3) is 5.78 Å². The summed E-state index contributed by atoms with van der Waals surface area (Å²) in [5.41, 5.74) is 1.43. The van der Waals surface area contributed by atoms with Gasteiger partial charge in [-0.3, -0.25) is 4.79 Å². The van der Waals surface area contributed by atoms with Crippen molar-refractivity contribution < 1.29 is 36.3 Å². The largest absolute Gasteiger partial charge is 0.445 e. The third-order valence-corrected chi connectivity index (χ3v) is 10.3. The molecule has 2 saturated carbocycles. The predicted octanol–water partition coefficient (Wildman–Crippen LogP) is 4.72. The minimum Gasteiger partial charge on any atom is -0.445 e. The summed E-state index contributed by atoms with van der Waals surface area (Å²) in [7, 11) is 0. The summed E-state index contributed by atoms with van der Waals surface area (Å²) in [5, 5.41) is 13.6. The van der Waals surface area contributed by atoms with Crippen LogP contribution in [0.2, 0.25) is 0 Å². The van der Waals surface area contributed by atoms with E-state index in [2.05, 4.69) is 16.0 Å². The number of carbonyl (C=O) groups is 2. The number of fused-ring (bicyclic) bond motifs is 1. The van der Waals surface area contributed by atoms with Crippen LogP contribution in [0.15, 0.2) is 36.5 Å². The Morgan fingerprint density at radius 1 is 1.10 bits per heavy atom. The molecule has 16 heteroatoms. The van der Waals surface area contributed by atoms with Crippen molar-refractivity contribution in [3.63, 3.8) is 0 Å². The number of ether oxygens (including phenoxy) is 1. The fourth-order valence-corrected chi connectivity index (χ4v) is 7.30. The topological polar surface area (TPSA) is 126 Å². The molecule has 2 aliphatic heterocycles. The van der Waals surface area contributed by atoms with Crippen molar-refractivity contribution in [3.05, 3.63) is 53.5 Å². The van der Waals surface area contributed by atoms with E-state index >= 15 is 0 Å². The second-order valence-corrected chi connectivity index (χ2v) is 13.9. The summed E-state index contributed by atoms with van der Waals surface area (Å²) < 4.78 is 76.2. The molecule has 11 nitrogen and oxygen atoms in total. The lowest BCUT2D eigenvalue weighted by Crippen LogP contribution is -2.53. The van der Waals surface area contributed by atoms with Gasteiger partial charge in [-0.1, -0.05) is 30.3 Å². The first-order chi connectivity index (χ1) is 23.4. The minimum absolute atomic E-state index is 0.0131. The van der Waals surface area contributed by atoms with E-state index in [4.69, 9.17) is 19.8 Å². The van der Waals surface area contributed by atoms with Gasteiger partial charge in [-0.2, -0.15) is 23.3 Å². The molecular weight excluding hydrogens is 651 g/mol. The second kappa shape index (κ2) is 13.0. The monoisotopic (exact) mass is 690 g/mol. The van der Waals surface area contributed by atoms with Gasteiger partial charge in [-0.25, -0.2) is 23.1 Å². The zero-order valence-corrected chi connectivity index (χ0v) is 26.8. The van der Waals surface area contributed by atoms with Gasteiger partial charge in [0.05, 0.1) is 23.9 Å². The molecule has 264 valence electrons. The van der Waals surface area contributed by atoms with Gasteiger partial charge in [0.1, 0.15) is 12.3 Å². The molecule has 2 amide bonds. The number of aromatic nitrogens is 4. The Balaban J connectivity index is 1.20. The Morgan fingerprint density at radius 3 is 2.57 bits per heavy atom. The van der Waals surface area contributed by atoms with Gasteiger partial charge in [0.25, 0.3) is 5.78 Å². The molecule has 2 aromatic heterocycles. The molecule has 0 unspecified atom stereocenters. The smallest absolute Gasteiger partial charge is 0.408 e. The van der Waals surface area contributed by atoms with Crippen LogP contribution >= 0.6 is 0 Å². The number of halogens is 5. The van der Waals surface area contributed by atoms with Crippen LogP contribution < -0.4 is 20.9 Å². The molecule has 2 saturated heterocycles. The normalized spacial score (nSPS) is 24.4. The fraction of sp³-hybridized carbons (Fsp3) is 0.606. The van der Waals surface area contributed by atoms with Crippen molar-refractivity contribution in [2.24, 2.45) is 17.8 Å². The van der Waals surface area contributed by atoms with E-state index in [9.17, 15) is 31.5 Å². The number of nitrogens with one attached hydrogen (secondary N) is 3. The van der Waals surface area contributed by atoms with Crippen molar-refractivity contribution in [1.82, 2.24) is 35.5 Å². The fourth-order valence-electron chi connectivity index (χ4n) is 7.30. The molecule has 4 aliphatic rings. The lowest BCUT2D eigenvalue weighted by Gasteiger charge is -2.36. The molecule has 4 fully saturated rings. The van der Waals surface area contributed by atoms with E-state index in [1.54, 1.807) is 6.20 Å². The van der Waals surface area contributed by atoms with Gasteiger partial charge in [0, 0.05) is 56.9 Å². The quantitative estimate of drug-likeness (QED) is 0.290. The van der Waals surface area contributed by atoms with Gasteiger partial charge in [0.2, 0.25) is 11.8 Å². The van der Waals surface area contributed by atoms with Crippen molar-refractivity contribution >= 4 is 23.6 Å². The van der Waals surface area contributed by atoms with Crippen LogP contribution in [-0.2, 0) is 22.6 Å². The summed E-state index contributed by atoms with van der Waals surface area (Å²) in [6, 6.07) is 8.32. The van der Waals surface area contributed by atoms with Crippen molar-refractivity contribution in [2.45, 2.75) is 81.7 Å². The van der Waals surface area contributed by atoms with E-state index < -0.39 is 48.5 Å². The number of imidazole rings is 1. The number of rotatable bonds is 8. The summed E-state index contributed by atoms with van der Waals surface area (Å²) >= 11 is 0. The summed E-state index contributed by atoms with van der Waals surface area (Å²) in [5.74, 6) is -5.64. The number of piperazine rings is 1. The van der Waals surface area contributed by atoms with Gasteiger partial charge < -0.3 is 25.6 Å². The number of amides is 2. The average Bonchev–Trinajstić information content (AvgIpc) is 3.67. The van der Waals surface area contributed by atoms with Crippen LogP contribution in [0.1, 0.15) is 67.9 Å². The van der Waals surface area contributed by atoms with Gasteiger partial charge >= 0.3 is 12.3 Å². The number of hydrogen-bond donors (Lipinski definition) is 3. The van der Waals surface area contributed by atoms with Gasteiger partial charge in [0.15, 0.2) is 5.82 Å². The maximum Gasteiger partial charge on any atom is 0.408 e. The standard InChI is InChI=1S/C33H39F5N8O3/c34-32(35)8-6-21(7-9-32)26(42-30(48)49-18-20-4-2-1-3-5-20)25-17-46-29(41-25)43-27(45-13-12-40-31(19-45)10-11-31)24(44-46)15-22-14-23(33(36,37)38)16-39-28(22)47/h1-5,17,21-23,26,40H,6-16,18-19H2,(H,39,47)(H,42,48)/t22-,23-,26+/m1/s1. The Hall–Kier alpha value is -4.08. The predicted molar refractivity (Wildman–Crippen MR) is 167 cm³/mol. The first-order valence-corrected chi connectivity index (χ1v) is 16.8. The van der Waals surface area contributed by atoms with E-state index in [1.807, 2.05) is 35.2 Å². The highest BCUT2D eigenvalue weighted by Gasteiger charge is 2.48. The molecule has 1 aromatic carbocycles.